The molecule has 0 atom stereocenters. The lowest BCUT2D eigenvalue weighted by Gasteiger charge is -2.04. The van der Waals surface area contributed by atoms with Gasteiger partial charge in [-0.2, -0.15) is 0 Å². The van der Waals surface area contributed by atoms with Gasteiger partial charge in [-0.05, 0) is 50.4 Å². The first kappa shape index (κ1) is 55.6. The molecule has 0 heterocycles. The van der Waals surface area contributed by atoms with Crippen molar-refractivity contribution in [1.82, 2.24) is 0 Å². The molecule has 0 aliphatic heterocycles. The normalized spacial score (nSPS) is 10.4. The maximum atomic E-state index is 10.1. The van der Waals surface area contributed by atoms with Crippen LogP contribution in [0.25, 0.3) is 0 Å². The van der Waals surface area contributed by atoms with E-state index in [0.717, 1.165) is 102 Å². The quantitative estimate of drug-likeness (QED) is 0.0354. The van der Waals surface area contributed by atoms with Gasteiger partial charge in [0, 0.05) is 38.9 Å². The number of aliphatic carboxylic acids is 4. The third-order valence-electron chi connectivity index (χ3n) is 8.19. The Labute approximate surface area is 312 Å². The first-order valence-corrected chi connectivity index (χ1v) is 20.4. The van der Waals surface area contributed by atoms with Gasteiger partial charge in [0.2, 0.25) is 0 Å². The average molecular weight is 735 g/mol. The van der Waals surface area contributed by atoms with Crippen LogP contribution in [-0.2, 0) is 19.2 Å². The summed E-state index contributed by atoms with van der Waals surface area (Å²) in [6, 6.07) is 0. The van der Waals surface area contributed by atoms with Gasteiger partial charge in [-0.25, -0.2) is 0 Å². The molecule has 0 aromatic heterocycles. The molecule has 0 saturated heterocycles. The van der Waals surface area contributed by atoms with Gasteiger partial charge in [0.25, 0.3) is 0 Å². The zero-order valence-corrected chi connectivity index (χ0v) is 33.4. The highest BCUT2D eigenvalue weighted by Gasteiger charge is 2.00. The number of carboxylic acids is 4. The summed E-state index contributed by atoms with van der Waals surface area (Å²) in [6.45, 7) is 9.80. The predicted octanol–water partition coefficient (Wildman–Crippen LogP) is 10.9. The summed E-state index contributed by atoms with van der Waals surface area (Å²) in [6.07, 6.45) is 28.3. The Morgan fingerprint density at radius 2 is 0.490 bits per heavy atom. The fourth-order valence-corrected chi connectivity index (χ4v) is 5.09. The van der Waals surface area contributed by atoms with Crippen LogP contribution in [0, 0.1) is 11.8 Å². The molecule has 306 valence electrons. The molecular weight excluding hydrogens is 652 g/mol. The molecule has 0 amide bonds. The van der Waals surface area contributed by atoms with E-state index in [4.69, 9.17) is 30.6 Å². The Balaban J connectivity index is -0.000000292. The lowest BCUT2D eigenvalue weighted by molar-refractivity contribution is -0.138. The van der Waals surface area contributed by atoms with Gasteiger partial charge >= 0.3 is 23.9 Å². The zero-order valence-electron chi connectivity index (χ0n) is 33.4. The Kier molecular flexibility index (Phi) is 52.1. The molecule has 0 spiro atoms. The predicted molar refractivity (Wildman–Crippen MR) is 208 cm³/mol. The molecule has 0 rings (SSSR count). The number of aliphatic hydroxyl groups excluding tert-OH is 2. The topological polar surface area (TPSA) is 190 Å². The first-order valence-electron chi connectivity index (χ1n) is 20.4. The van der Waals surface area contributed by atoms with Crippen molar-refractivity contribution < 1.29 is 49.8 Å². The number of carboxylic acid groups (broad SMARTS) is 4. The monoisotopic (exact) mass is 735 g/mol. The molecule has 0 aliphatic carbocycles. The molecule has 0 unspecified atom stereocenters. The maximum Gasteiger partial charge on any atom is 0.303 e. The van der Waals surface area contributed by atoms with Crippen LogP contribution in [0.4, 0.5) is 0 Å². The van der Waals surface area contributed by atoms with Gasteiger partial charge in [0.15, 0.2) is 0 Å². The van der Waals surface area contributed by atoms with E-state index in [1.54, 1.807) is 0 Å². The molecule has 0 radical (unpaired) electrons. The molecule has 0 aliphatic rings. The fourth-order valence-electron chi connectivity index (χ4n) is 5.09. The van der Waals surface area contributed by atoms with Crippen LogP contribution in [0.1, 0.15) is 214 Å². The average Bonchev–Trinajstić information content (AvgIpc) is 3.05. The molecule has 0 saturated carbocycles. The summed E-state index contributed by atoms with van der Waals surface area (Å²) in [5.41, 5.74) is 0. The minimum Gasteiger partial charge on any atom is -0.481 e. The minimum atomic E-state index is -0.740. The third kappa shape index (κ3) is 74.0. The number of hydrogen-bond acceptors (Lipinski definition) is 6. The van der Waals surface area contributed by atoms with Gasteiger partial charge in [-0.3, -0.25) is 19.2 Å². The van der Waals surface area contributed by atoms with E-state index >= 15 is 0 Å². The van der Waals surface area contributed by atoms with Crippen LogP contribution in [0.2, 0.25) is 0 Å². The van der Waals surface area contributed by atoms with Crippen molar-refractivity contribution >= 4 is 23.9 Å². The standard InChI is InChI=1S/C13H28O.2C10H18O4.C8H18O/c1-13(2)11-9-7-5-3-4-6-8-10-12-14;2*11-9(12)7-5-3-1-2-4-6-8-10(13)14;1-8(2)6-4-3-5-7-9/h13-14H,3-12H2,1-2H3;2*1-8H2,(H,11,12)(H,13,14);8-9H,3-7H2,1-2H3. The number of hydrogen-bond donors (Lipinski definition) is 6. The van der Waals surface area contributed by atoms with Crippen LogP contribution in [0.5, 0.6) is 0 Å². The van der Waals surface area contributed by atoms with Gasteiger partial charge in [-0.15, -0.1) is 0 Å². The summed E-state index contributed by atoms with van der Waals surface area (Å²) >= 11 is 0. The van der Waals surface area contributed by atoms with Crippen molar-refractivity contribution in [2.24, 2.45) is 11.8 Å². The fraction of sp³-hybridized carbons (Fsp3) is 0.902. The Hall–Kier alpha value is -2.20. The van der Waals surface area contributed by atoms with E-state index in [9.17, 15) is 19.2 Å². The van der Waals surface area contributed by atoms with Crippen molar-refractivity contribution in [2.75, 3.05) is 13.2 Å². The lowest BCUT2D eigenvalue weighted by atomic mass is 10.0. The van der Waals surface area contributed by atoms with Gasteiger partial charge < -0.3 is 30.6 Å². The van der Waals surface area contributed by atoms with Crippen LogP contribution in [0.15, 0.2) is 0 Å². The largest absolute Gasteiger partial charge is 0.481 e. The highest BCUT2D eigenvalue weighted by atomic mass is 16.4. The molecule has 51 heavy (non-hydrogen) atoms. The molecule has 0 bridgehead atoms. The number of carbonyl (C=O) groups is 4. The van der Waals surface area contributed by atoms with Crippen LogP contribution in [-0.4, -0.2) is 67.7 Å². The molecule has 6 N–H and O–H groups in total. The zero-order chi connectivity index (χ0) is 39.4. The van der Waals surface area contributed by atoms with E-state index in [1.807, 2.05) is 0 Å². The molecule has 0 aromatic rings. The number of aliphatic hydroxyl groups is 2. The summed E-state index contributed by atoms with van der Waals surface area (Å²) in [5.74, 6) is -1.26. The highest BCUT2D eigenvalue weighted by Crippen LogP contribution is 2.13. The second kappa shape index (κ2) is 47.8. The Morgan fingerprint density at radius 3 is 0.686 bits per heavy atom. The summed E-state index contributed by atoms with van der Waals surface area (Å²) < 4.78 is 0. The highest BCUT2D eigenvalue weighted by molar-refractivity contribution is 5.67. The molecule has 10 nitrogen and oxygen atoms in total. The first-order chi connectivity index (χ1) is 24.3. The van der Waals surface area contributed by atoms with Gasteiger partial charge in [0.05, 0.1) is 0 Å². The number of rotatable bonds is 33. The molecule has 10 heteroatoms. The van der Waals surface area contributed by atoms with E-state index in [1.165, 1.54) is 70.6 Å². The van der Waals surface area contributed by atoms with Crippen LogP contribution in [0.3, 0.4) is 0 Å². The summed E-state index contributed by atoms with van der Waals surface area (Å²) in [4.78, 5) is 40.6. The van der Waals surface area contributed by atoms with Crippen molar-refractivity contribution in [3.05, 3.63) is 0 Å². The SMILES string of the molecule is CC(C)CCCCCCCCCCO.CC(C)CCCCCO.O=C(O)CCCCCCCCC(=O)O.O=C(O)CCCCCCCCC(=O)O. The number of unbranched alkanes of at least 4 members (excludes halogenated alkanes) is 19. The third-order valence-corrected chi connectivity index (χ3v) is 8.19. The van der Waals surface area contributed by atoms with Crippen LogP contribution >= 0.6 is 0 Å². The summed E-state index contributed by atoms with van der Waals surface area (Å²) in [7, 11) is 0. The molecule has 0 fully saturated rings. The minimum absolute atomic E-state index is 0.245. The second-order valence-electron chi connectivity index (χ2n) is 14.5. The van der Waals surface area contributed by atoms with Crippen LogP contribution < -0.4 is 0 Å². The molecular formula is C41H82O10. The van der Waals surface area contributed by atoms with E-state index in [2.05, 4.69) is 27.7 Å². The Morgan fingerprint density at radius 1 is 0.314 bits per heavy atom. The summed E-state index contributed by atoms with van der Waals surface area (Å²) in [5, 5.41) is 50.4. The molecule has 0 aromatic carbocycles. The van der Waals surface area contributed by atoms with Gasteiger partial charge in [-0.1, -0.05) is 150 Å². The van der Waals surface area contributed by atoms with E-state index in [0.29, 0.717) is 13.2 Å². The maximum absolute atomic E-state index is 10.1. The van der Waals surface area contributed by atoms with E-state index < -0.39 is 23.9 Å². The van der Waals surface area contributed by atoms with Crippen molar-refractivity contribution in [2.45, 2.75) is 214 Å². The van der Waals surface area contributed by atoms with Crippen molar-refractivity contribution in [3.63, 3.8) is 0 Å². The Bertz CT molecular complexity index is 660. The lowest BCUT2D eigenvalue weighted by Crippen LogP contribution is -1.94. The smallest absolute Gasteiger partial charge is 0.303 e. The van der Waals surface area contributed by atoms with E-state index in [-0.39, 0.29) is 25.7 Å². The van der Waals surface area contributed by atoms with Crippen molar-refractivity contribution in [3.8, 4) is 0 Å². The second-order valence-corrected chi connectivity index (χ2v) is 14.5. The van der Waals surface area contributed by atoms with Crippen molar-refractivity contribution in [1.29, 1.82) is 0 Å². The van der Waals surface area contributed by atoms with Gasteiger partial charge in [0.1, 0.15) is 0 Å².